The van der Waals surface area contributed by atoms with E-state index in [9.17, 15) is 15.0 Å². The lowest BCUT2D eigenvalue weighted by atomic mass is 9.84. The van der Waals surface area contributed by atoms with E-state index >= 15 is 0 Å². The summed E-state index contributed by atoms with van der Waals surface area (Å²) in [7, 11) is 0. The molecule has 0 saturated carbocycles. The Hall–Kier alpha value is -2.97. The number of hydrogen-bond donors (Lipinski definition) is 3. The molecule has 0 aliphatic rings. The summed E-state index contributed by atoms with van der Waals surface area (Å²) in [6, 6.07) is 10.00. The number of nitrogens with zero attached hydrogens (tertiary/aromatic N) is 1. The second kappa shape index (κ2) is 9.02. The summed E-state index contributed by atoms with van der Waals surface area (Å²) in [6.45, 7) is 12.5. The Balaban J connectivity index is 2.37. The molecule has 5 heteroatoms. The van der Waals surface area contributed by atoms with Crippen molar-refractivity contribution >= 4 is 11.7 Å². The van der Waals surface area contributed by atoms with Crippen LogP contribution in [0.5, 0.6) is 5.75 Å². The first-order valence-electron chi connectivity index (χ1n) is 9.73. The first-order valence-corrected chi connectivity index (χ1v) is 9.73. The Morgan fingerprint density at radius 2 is 1.76 bits per heavy atom. The molecule has 3 N–H and O–H groups in total. The maximum absolute atomic E-state index is 11.0. The number of aromatic hydroxyl groups is 1. The summed E-state index contributed by atoms with van der Waals surface area (Å²) in [5.41, 5.74) is 3.15. The van der Waals surface area contributed by atoms with Crippen LogP contribution in [0.3, 0.4) is 0 Å². The van der Waals surface area contributed by atoms with Gasteiger partial charge in [-0.25, -0.2) is 4.79 Å². The Bertz CT molecular complexity index is 944. The fourth-order valence-corrected chi connectivity index (χ4v) is 3.19. The molecular weight excluding hydrogens is 366 g/mol. The van der Waals surface area contributed by atoms with Crippen LogP contribution < -0.4 is 4.90 Å². The molecule has 2 aromatic rings. The molecule has 0 aliphatic carbocycles. The molecule has 0 heterocycles. The zero-order valence-corrected chi connectivity index (χ0v) is 17.7. The van der Waals surface area contributed by atoms with E-state index in [1.54, 1.807) is 0 Å². The molecule has 0 amide bonds. The number of rotatable bonds is 5. The largest absolute Gasteiger partial charge is 0.507 e. The molecule has 0 aromatic heterocycles. The minimum absolute atomic E-state index is 0.0977. The van der Waals surface area contributed by atoms with Gasteiger partial charge in [0.1, 0.15) is 17.4 Å². The average Bonchev–Trinajstić information content (AvgIpc) is 2.66. The van der Waals surface area contributed by atoms with Gasteiger partial charge in [-0.1, -0.05) is 38.7 Å². The van der Waals surface area contributed by atoms with E-state index in [0.717, 1.165) is 24.3 Å². The number of carboxylic acids is 1. The first-order chi connectivity index (χ1) is 13.6. The molecule has 5 nitrogen and oxygen atoms in total. The number of hydrogen-bond acceptors (Lipinski definition) is 4. The summed E-state index contributed by atoms with van der Waals surface area (Å²) in [4.78, 5) is 13.3. The van der Waals surface area contributed by atoms with E-state index in [4.69, 9.17) is 5.11 Å². The smallest absolute Gasteiger partial charge is 0.339 e. The summed E-state index contributed by atoms with van der Waals surface area (Å²) < 4.78 is 0. The van der Waals surface area contributed by atoms with Crippen molar-refractivity contribution in [2.45, 2.75) is 46.1 Å². The van der Waals surface area contributed by atoms with Crippen molar-refractivity contribution in [3.8, 4) is 17.6 Å². The first kappa shape index (κ1) is 22.3. The Morgan fingerprint density at radius 3 is 2.28 bits per heavy atom. The van der Waals surface area contributed by atoms with Gasteiger partial charge in [-0.3, -0.25) is 0 Å². The van der Waals surface area contributed by atoms with Crippen LogP contribution in [0, 0.1) is 11.8 Å². The van der Waals surface area contributed by atoms with Gasteiger partial charge in [0.25, 0.3) is 0 Å². The summed E-state index contributed by atoms with van der Waals surface area (Å²) in [5, 5.41) is 29.3. The topological polar surface area (TPSA) is 81.0 Å². The Labute approximate surface area is 172 Å². The summed E-state index contributed by atoms with van der Waals surface area (Å²) in [5.74, 6) is 4.03. The molecular formula is C24H29NO4. The van der Waals surface area contributed by atoms with Crippen LogP contribution in [0.1, 0.15) is 67.8 Å². The zero-order valence-electron chi connectivity index (χ0n) is 17.7. The normalized spacial score (nSPS) is 12.1. The number of aliphatic hydroxyl groups excluding tert-OH is 1. The number of aromatic carboxylic acids is 1. The third-order valence-corrected chi connectivity index (χ3v) is 4.83. The lowest BCUT2D eigenvalue weighted by molar-refractivity contribution is 0.0693. The second-order valence-electron chi connectivity index (χ2n) is 7.91. The lowest BCUT2D eigenvalue weighted by Gasteiger charge is -2.31. The lowest BCUT2D eigenvalue weighted by Crippen LogP contribution is -2.26. The molecule has 0 radical (unpaired) electrons. The summed E-state index contributed by atoms with van der Waals surface area (Å²) in [6.07, 6.45) is -0.997. The number of aliphatic hydroxyl groups is 1. The number of carboxylic acid groups (broad SMARTS) is 1. The average molecular weight is 395 g/mol. The Kier molecular flexibility index (Phi) is 6.94. The second-order valence-corrected chi connectivity index (χ2v) is 7.91. The third kappa shape index (κ3) is 5.30. The highest BCUT2D eigenvalue weighted by atomic mass is 16.4. The number of anilines is 1. The maximum Gasteiger partial charge on any atom is 0.339 e. The van der Waals surface area contributed by atoms with Crippen LogP contribution in [-0.4, -0.2) is 34.4 Å². The van der Waals surface area contributed by atoms with E-state index in [2.05, 4.69) is 51.4 Å². The van der Waals surface area contributed by atoms with Gasteiger partial charge in [0, 0.05) is 24.3 Å². The van der Waals surface area contributed by atoms with Crippen molar-refractivity contribution in [3.05, 3.63) is 58.7 Å². The molecule has 2 rings (SSSR count). The number of carbonyl (C=O) groups is 1. The predicted octanol–water partition coefficient (Wildman–Crippen LogP) is 4.32. The molecule has 154 valence electrons. The molecule has 0 saturated heterocycles. The molecule has 0 spiro atoms. The number of benzene rings is 2. The van der Waals surface area contributed by atoms with Crippen LogP contribution in [-0.2, 0) is 5.41 Å². The van der Waals surface area contributed by atoms with Crippen molar-refractivity contribution in [2.24, 2.45) is 0 Å². The SMILES string of the molecule is CCN(CC)c1ccc(C(O)C#Cc2ccc(C(=O)O)c(O)c2)cc1C(C)(C)C. The standard InChI is InChI=1S/C24H29NO4/c1-6-25(7-2)20-12-10-17(15-19(20)24(3,4)5)21(26)13-9-16-8-11-18(23(28)29)22(27)14-16/h8,10-12,14-15,21,26-27H,6-7H2,1-5H3,(H,28,29). The molecule has 29 heavy (non-hydrogen) atoms. The molecule has 2 aromatic carbocycles. The highest BCUT2D eigenvalue weighted by Gasteiger charge is 2.22. The molecule has 0 aliphatic heterocycles. The van der Waals surface area contributed by atoms with Gasteiger partial charge in [0.05, 0.1) is 0 Å². The maximum atomic E-state index is 11.0. The van der Waals surface area contributed by atoms with Gasteiger partial charge in [-0.15, -0.1) is 0 Å². The highest BCUT2D eigenvalue weighted by molar-refractivity contribution is 5.90. The van der Waals surface area contributed by atoms with Crippen LogP contribution in [0.15, 0.2) is 36.4 Å². The van der Waals surface area contributed by atoms with Crippen LogP contribution >= 0.6 is 0 Å². The zero-order chi connectivity index (χ0) is 21.8. The molecule has 1 unspecified atom stereocenters. The quantitative estimate of drug-likeness (QED) is 0.657. The van der Waals surface area contributed by atoms with Crippen molar-refractivity contribution in [1.82, 2.24) is 0 Å². The van der Waals surface area contributed by atoms with Gasteiger partial charge in [0.15, 0.2) is 0 Å². The predicted molar refractivity (Wildman–Crippen MR) is 116 cm³/mol. The van der Waals surface area contributed by atoms with Gasteiger partial charge in [0.2, 0.25) is 0 Å². The van der Waals surface area contributed by atoms with E-state index < -0.39 is 12.1 Å². The monoisotopic (exact) mass is 395 g/mol. The van der Waals surface area contributed by atoms with E-state index in [1.165, 1.54) is 18.2 Å². The van der Waals surface area contributed by atoms with Crippen molar-refractivity contribution in [1.29, 1.82) is 0 Å². The van der Waals surface area contributed by atoms with Gasteiger partial charge >= 0.3 is 5.97 Å². The fourth-order valence-electron chi connectivity index (χ4n) is 3.19. The minimum Gasteiger partial charge on any atom is -0.507 e. The minimum atomic E-state index is -1.20. The number of phenols is 1. The highest BCUT2D eigenvalue weighted by Crippen LogP contribution is 2.34. The van der Waals surface area contributed by atoms with E-state index in [0.29, 0.717) is 11.1 Å². The Morgan fingerprint density at radius 1 is 1.10 bits per heavy atom. The van der Waals surface area contributed by atoms with Crippen molar-refractivity contribution < 1.29 is 20.1 Å². The fraction of sp³-hybridized carbons (Fsp3) is 0.375. The van der Waals surface area contributed by atoms with Crippen LogP contribution in [0.2, 0.25) is 0 Å². The van der Waals surface area contributed by atoms with Gasteiger partial charge < -0.3 is 20.2 Å². The van der Waals surface area contributed by atoms with Gasteiger partial charge in [-0.2, -0.15) is 0 Å². The molecule has 0 fully saturated rings. The summed E-state index contributed by atoms with van der Waals surface area (Å²) >= 11 is 0. The van der Waals surface area contributed by atoms with Crippen molar-refractivity contribution in [3.63, 3.8) is 0 Å². The van der Waals surface area contributed by atoms with Crippen LogP contribution in [0.4, 0.5) is 5.69 Å². The molecule has 1 atom stereocenters. The van der Waals surface area contributed by atoms with Gasteiger partial charge in [-0.05, 0) is 60.7 Å². The van der Waals surface area contributed by atoms with Crippen molar-refractivity contribution in [2.75, 3.05) is 18.0 Å². The molecule has 0 bridgehead atoms. The van der Waals surface area contributed by atoms with E-state index in [-0.39, 0.29) is 16.7 Å². The van der Waals surface area contributed by atoms with E-state index in [1.807, 2.05) is 18.2 Å². The third-order valence-electron chi connectivity index (χ3n) is 4.83. The van der Waals surface area contributed by atoms with Crippen LogP contribution in [0.25, 0.3) is 0 Å².